The molecule has 3 rings (SSSR count). The van der Waals surface area contributed by atoms with Crippen molar-refractivity contribution in [1.29, 1.82) is 0 Å². The van der Waals surface area contributed by atoms with Gasteiger partial charge in [0.2, 0.25) is 0 Å². The summed E-state index contributed by atoms with van der Waals surface area (Å²) in [5, 5.41) is 11.5. The number of nitrogens with zero attached hydrogens (tertiary/aromatic N) is 1. The van der Waals surface area contributed by atoms with Crippen molar-refractivity contribution in [2.75, 3.05) is 26.9 Å². The molecule has 0 bridgehead atoms. The molecule has 158 valence electrons. The number of likely N-dealkylation sites (tertiary alicyclic amines) is 1. The van der Waals surface area contributed by atoms with Gasteiger partial charge in [0.15, 0.2) is 0 Å². The Bertz CT molecular complexity index is 972. The van der Waals surface area contributed by atoms with Crippen LogP contribution in [0.5, 0.6) is 5.75 Å². The largest absolute Gasteiger partial charge is 0.507 e. The van der Waals surface area contributed by atoms with Crippen LogP contribution in [0.15, 0.2) is 54.1 Å². The van der Waals surface area contributed by atoms with Crippen LogP contribution in [-0.4, -0.2) is 48.6 Å². The van der Waals surface area contributed by atoms with Crippen LogP contribution in [0.3, 0.4) is 0 Å². The first kappa shape index (κ1) is 21.9. The number of ketones is 1. The van der Waals surface area contributed by atoms with Crippen molar-refractivity contribution in [1.82, 2.24) is 4.90 Å². The molecule has 1 N–H and O–H groups in total. The minimum atomic E-state index is -0.740. The SMILES string of the molecule is CCOc1cccc(/C(O)=C2\C(=O)C(=O)N(CCCOC)C2c2cccc(Cl)c2)c1. The Morgan fingerprint density at radius 2 is 1.93 bits per heavy atom. The van der Waals surface area contributed by atoms with Gasteiger partial charge in [-0.05, 0) is 43.2 Å². The molecule has 0 saturated carbocycles. The fraction of sp³-hybridized carbons (Fsp3) is 0.304. The monoisotopic (exact) mass is 429 g/mol. The normalized spacial score (nSPS) is 18.1. The molecule has 1 saturated heterocycles. The average Bonchev–Trinajstić information content (AvgIpc) is 2.99. The van der Waals surface area contributed by atoms with Gasteiger partial charge < -0.3 is 19.5 Å². The van der Waals surface area contributed by atoms with E-state index >= 15 is 0 Å². The molecule has 1 aliphatic heterocycles. The van der Waals surface area contributed by atoms with Crippen molar-refractivity contribution in [3.8, 4) is 5.75 Å². The number of carbonyl (C=O) groups excluding carboxylic acids is 2. The van der Waals surface area contributed by atoms with Gasteiger partial charge in [-0.3, -0.25) is 9.59 Å². The lowest BCUT2D eigenvalue weighted by atomic mass is 9.95. The molecule has 0 spiro atoms. The highest BCUT2D eigenvalue weighted by Gasteiger charge is 2.45. The van der Waals surface area contributed by atoms with Crippen LogP contribution in [0, 0.1) is 0 Å². The highest BCUT2D eigenvalue weighted by atomic mass is 35.5. The Hall–Kier alpha value is -2.83. The number of aliphatic hydroxyl groups excluding tert-OH is 1. The van der Waals surface area contributed by atoms with Crippen LogP contribution >= 0.6 is 11.6 Å². The number of methoxy groups -OCH3 is 1. The van der Waals surface area contributed by atoms with Crippen LogP contribution in [0.25, 0.3) is 5.76 Å². The fourth-order valence-corrected chi connectivity index (χ4v) is 3.77. The van der Waals surface area contributed by atoms with Gasteiger partial charge >= 0.3 is 0 Å². The lowest BCUT2D eigenvalue weighted by Crippen LogP contribution is -2.31. The number of hydrogen-bond acceptors (Lipinski definition) is 5. The molecule has 6 nitrogen and oxygen atoms in total. The van der Waals surface area contributed by atoms with Gasteiger partial charge in [-0.25, -0.2) is 0 Å². The van der Waals surface area contributed by atoms with Gasteiger partial charge in [0.25, 0.3) is 11.7 Å². The van der Waals surface area contributed by atoms with E-state index in [9.17, 15) is 14.7 Å². The molecule has 1 heterocycles. The highest BCUT2D eigenvalue weighted by molar-refractivity contribution is 6.46. The van der Waals surface area contributed by atoms with E-state index in [2.05, 4.69) is 0 Å². The average molecular weight is 430 g/mol. The topological polar surface area (TPSA) is 76.1 Å². The smallest absolute Gasteiger partial charge is 0.295 e. The summed E-state index contributed by atoms with van der Waals surface area (Å²) < 4.78 is 10.6. The first-order valence-electron chi connectivity index (χ1n) is 9.74. The number of amides is 1. The van der Waals surface area contributed by atoms with Gasteiger partial charge in [-0.15, -0.1) is 0 Å². The van der Waals surface area contributed by atoms with Crippen molar-refractivity contribution in [3.63, 3.8) is 0 Å². The third-order valence-electron chi connectivity index (χ3n) is 4.87. The molecule has 1 unspecified atom stereocenters. The van der Waals surface area contributed by atoms with Gasteiger partial charge in [0, 0.05) is 30.8 Å². The quantitative estimate of drug-likeness (QED) is 0.294. The van der Waals surface area contributed by atoms with E-state index in [1.807, 2.05) is 6.92 Å². The van der Waals surface area contributed by atoms with E-state index in [0.717, 1.165) is 0 Å². The third kappa shape index (κ3) is 4.50. The number of rotatable bonds is 8. The van der Waals surface area contributed by atoms with Crippen LogP contribution < -0.4 is 4.74 Å². The summed E-state index contributed by atoms with van der Waals surface area (Å²) in [6.45, 7) is 3.08. The third-order valence-corrected chi connectivity index (χ3v) is 5.11. The van der Waals surface area contributed by atoms with Crippen molar-refractivity contribution in [2.45, 2.75) is 19.4 Å². The molecule has 1 fully saturated rings. The molecule has 0 radical (unpaired) electrons. The highest BCUT2D eigenvalue weighted by Crippen LogP contribution is 2.40. The molecule has 1 aliphatic rings. The Morgan fingerprint density at radius 3 is 2.63 bits per heavy atom. The van der Waals surface area contributed by atoms with Gasteiger partial charge in [0.1, 0.15) is 11.5 Å². The summed E-state index contributed by atoms with van der Waals surface area (Å²) in [6.07, 6.45) is 0.556. The standard InChI is InChI=1S/C23H24ClNO5/c1-3-30-18-10-5-8-16(14-18)21(26)19-20(15-7-4-9-17(24)13-15)25(11-6-12-29-2)23(28)22(19)27/h4-5,7-10,13-14,20,26H,3,6,11-12H2,1-2H3/b21-19+. The predicted octanol–water partition coefficient (Wildman–Crippen LogP) is 4.20. The lowest BCUT2D eigenvalue weighted by Gasteiger charge is -2.25. The zero-order valence-corrected chi connectivity index (χ0v) is 17.7. The Labute approximate surface area is 180 Å². The minimum absolute atomic E-state index is 0.0355. The zero-order chi connectivity index (χ0) is 21.7. The maximum absolute atomic E-state index is 12.9. The number of Topliss-reactive ketones (excluding diaryl/α,β-unsaturated/α-hetero) is 1. The second-order valence-corrected chi connectivity index (χ2v) is 7.29. The van der Waals surface area contributed by atoms with Crippen molar-refractivity contribution < 1.29 is 24.2 Å². The molecule has 0 aromatic heterocycles. The fourth-order valence-electron chi connectivity index (χ4n) is 3.57. The van der Waals surface area contributed by atoms with Gasteiger partial charge in [-0.1, -0.05) is 35.9 Å². The molecule has 2 aromatic rings. The maximum atomic E-state index is 12.9. The molecular weight excluding hydrogens is 406 g/mol. The van der Waals surface area contributed by atoms with Crippen molar-refractivity contribution in [2.24, 2.45) is 0 Å². The number of halogens is 1. The van der Waals surface area contributed by atoms with Gasteiger partial charge in [0.05, 0.1) is 18.2 Å². The number of hydrogen-bond donors (Lipinski definition) is 1. The first-order valence-corrected chi connectivity index (χ1v) is 10.1. The maximum Gasteiger partial charge on any atom is 0.295 e. The Morgan fingerprint density at radius 1 is 1.17 bits per heavy atom. The summed E-state index contributed by atoms with van der Waals surface area (Å²) >= 11 is 6.17. The lowest BCUT2D eigenvalue weighted by molar-refractivity contribution is -0.140. The molecule has 2 aromatic carbocycles. The van der Waals surface area contributed by atoms with E-state index in [0.29, 0.717) is 48.1 Å². The zero-order valence-electron chi connectivity index (χ0n) is 16.9. The second-order valence-electron chi connectivity index (χ2n) is 6.85. The number of aliphatic hydroxyl groups is 1. The van der Waals surface area contributed by atoms with Gasteiger partial charge in [-0.2, -0.15) is 0 Å². The molecular formula is C23H24ClNO5. The van der Waals surface area contributed by atoms with E-state index in [1.165, 1.54) is 4.90 Å². The molecule has 30 heavy (non-hydrogen) atoms. The second kappa shape index (κ2) is 9.78. The summed E-state index contributed by atoms with van der Waals surface area (Å²) in [6, 6.07) is 13.0. The van der Waals surface area contributed by atoms with Crippen LogP contribution in [0.1, 0.15) is 30.5 Å². The molecule has 1 amide bonds. The summed E-state index contributed by atoms with van der Waals surface area (Å²) in [5.41, 5.74) is 1.10. The van der Waals surface area contributed by atoms with E-state index in [-0.39, 0.29) is 11.3 Å². The molecule has 7 heteroatoms. The van der Waals surface area contributed by atoms with E-state index < -0.39 is 17.7 Å². The first-order chi connectivity index (χ1) is 14.5. The van der Waals surface area contributed by atoms with Crippen molar-refractivity contribution >= 4 is 29.1 Å². The van der Waals surface area contributed by atoms with Crippen LogP contribution in [-0.2, 0) is 14.3 Å². The Balaban J connectivity index is 2.11. The van der Waals surface area contributed by atoms with Crippen LogP contribution in [0.2, 0.25) is 5.02 Å². The number of ether oxygens (including phenoxy) is 2. The summed E-state index contributed by atoms with van der Waals surface area (Å²) in [5.74, 6) is -1.06. The van der Waals surface area contributed by atoms with E-state index in [1.54, 1.807) is 55.6 Å². The van der Waals surface area contributed by atoms with E-state index in [4.69, 9.17) is 21.1 Å². The summed E-state index contributed by atoms with van der Waals surface area (Å²) in [4.78, 5) is 27.2. The number of benzene rings is 2. The predicted molar refractivity (Wildman–Crippen MR) is 115 cm³/mol. The number of carbonyl (C=O) groups is 2. The molecule has 1 atom stereocenters. The van der Waals surface area contributed by atoms with Crippen LogP contribution in [0.4, 0.5) is 0 Å². The summed E-state index contributed by atoms with van der Waals surface area (Å²) in [7, 11) is 1.58. The Kier molecular flexibility index (Phi) is 7.13. The van der Waals surface area contributed by atoms with Crippen molar-refractivity contribution in [3.05, 3.63) is 70.3 Å². The molecule has 0 aliphatic carbocycles. The minimum Gasteiger partial charge on any atom is -0.507 e.